The molecule has 1 saturated heterocycles. The Bertz CT molecular complexity index is 565. The lowest BCUT2D eigenvalue weighted by Crippen LogP contribution is -2.42. The Kier molecular flexibility index (Phi) is 5.52. The van der Waals surface area contributed by atoms with E-state index in [1.165, 1.54) is 0 Å². The van der Waals surface area contributed by atoms with Crippen LogP contribution < -0.4 is 5.32 Å². The minimum atomic E-state index is -0.723. The van der Waals surface area contributed by atoms with Crippen molar-refractivity contribution in [2.24, 2.45) is 0 Å². The SMILES string of the molecule is CCOC(=O)c1ccccc1NC(=O)C(=O)N1CCCCC1. The Hall–Kier alpha value is -2.37. The van der Waals surface area contributed by atoms with Crippen LogP contribution in [0.4, 0.5) is 5.69 Å². The van der Waals surface area contributed by atoms with E-state index < -0.39 is 17.8 Å². The van der Waals surface area contributed by atoms with Gasteiger partial charge in [0.05, 0.1) is 17.9 Å². The van der Waals surface area contributed by atoms with Crippen molar-refractivity contribution < 1.29 is 19.1 Å². The molecule has 0 aliphatic carbocycles. The summed E-state index contributed by atoms with van der Waals surface area (Å²) in [6.45, 7) is 3.16. The van der Waals surface area contributed by atoms with Crippen LogP contribution in [0, 0.1) is 0 Å². The number of carbonyl (C=O) groups excluding carboxylic acids is 3. The van der Waals surface area contributed by atoms with E-state index in [4.69, 9.17) is 4.74 Å². The lowest BCUT2D eigenvalue weighted by molar-refractivity contribution is -0.143. The molecule has 22 heavy (non-hydrogen) atoms. The number of benzene rings is 1. The van der Waals surface area contributed by atoms with E-state index in [0.29, 0.717) is 13.1 Å². The second-order valence-corrected chi connectivity index (χ2v) is 5.07. The van der Waals surface area contributed by atoms with Gasteiger partial charge in [-0.2, -0.15) is 0 Å². The molecule has 1 heterocycles. The smallest absolute Gasteiger partial charge is 0.340 e. The van der Waals surface area contributed by atoms with Gasteiger partial charge in [-0.25, -0.2) is 4.79 Å². The van der Waals surface area contributed by atoms with Gasteiger partial charge in [0, 0.05) is 13.1 Å². The summed E-state index contributed by atoms with van der Waals surface area (Å²) in [7, 11) is 0. The average molecular weight is 304 g/mol. The normalized spacial score (nSPS) is 14.3. The fraction of sp³-hybridized carbons (Fsp3) is 0.438. The summed E-state index contributed by atoms with van der Waals surface area (Å²) in [5.74, 6) is -1.80. The number of carbonyl (C=O) groups is 3. The minimum Gasteiger partial charge on any atom is -0.462 e. The molecule has 1 aliphatic heterocycles. The molecule has 0 aromatic heterocycles. The van der Waals surface area contributed by atoms with Crippen LogP contribution in [0.5, 0.6) is 0 Å². The summed E-state index contributed by atoms with van der Waals surface area (Å²) in [6.07, 6.45) is 2.91. The van der Waals surface area contributed by atoms with Gasteiger partial charge >= 0.3 is 17.8 Å². The van der Waals surface area contributed by atoms with Crippen LogP contribution in [-0.4, -0.2) is 42.4 Å². The van der Waals surface area contributed by atoms with Gasteiger partial charge in [-0.05, 0) is 38.3 Å². The van der Waals surface area contributed by atoms with Crippen molar-refractivity contribution in [1.82, 2.24) is 4.90 Å². The predicted molar refractivity (Wildman–Crippen MR) is 81.5 cm³/mol. The Morgan fingerprint density at radius 3 is 2.50 bits per heavy atom. The summed E-state index contributed by atoms with van der Waals surface area (Å²) in [6, 6.07) is 6.49. The van der Waals surface area contributed by atoms with Gasteiger partial charge in [-0.15, -0.1) is 0 Å². The predicted octanol–water partition coefficient (Wildman–Crippen LogP) is 1.81. The van der Waals surface area contributed by atoms with Crippen molar-refractivity contribution in [1.29, 1.82) is 0 Å². The maximum Gasteiger partial charge on any atom is 0.340 e. The molecule has 0 radical (unpaired) electrons. The number of amides is 2. The lowest BCUT2D eigenvalue weighted by Gasteiger charge is -2.26. The third-order valence-corrected chi connectivity index (χ3v) is 3.51. The molecule has 0 unspecified atom stereocenters. The van der Waals surface area contributed by atoms with Gasteiger partial charge in [-0.1, -0.05) is 12.1 Å². The molecule has 1 aromatic rings. The first-order valence-electron chi connectivity index (χ1n) is 7.50. The second kappa shape index (κ2) is 7.59. The van der Waals surface area contributed by atoms with Crippen LogP contribution in [0.3, 0.4) is 0 Å². The first-order chi connectivity index (χ1) is 10.6. The molecule has 0 spiro atoms. The highest BCUT2D eigenvalue weighted by Crippen LogP contribution is 2.17. The molecule has 6 nitrogen and oxygen atoms in total. The molecule has 6 heteroatoms. The zero-order valence-corrected chi connectivity index (χ0v) is 12.6. The standard InChI is InChI=1S/C16H20N2O4/c1-2-22-16(21)12-8-4-5-9-13(12)17-14(19)15(20)18-10-6-3-7-11-18/h4-5,8-9H,2-3,6-7,10-11H2,1H3,(H,17,19). The third kappa shape index (κ3) is 3.84. The second-order valence-electron chi connectivity index (χ2n) is 5.07. The number of piperidine rings is 1. The van der Waals surface area contributed by atoms with Crippen molar-refractivity contribution in [2.75, 3.05) is 25.0 Å². The number of nitrogens with one attached hydrogen (secondary N) is 1. The summed E-state index contributed by atoms with van der Waals surface area (Å²) in [4.78, 5) is 37.6. The van der Waals surface area contributed by atoms with Gasteiger partial charge in [0.1, 0.15) is 0 Å². The molecule has 2 rings (SSSR count). The molecule has 0 atom stereocenters. The highest BCUT2D eigenvalue weighted by molar-refractivity contribution is 6.39. The van der Waals surface area contributed by atoms with Gasteiger partial charge in [0.2, 0.25) is 0 Å². The fourth-order valence-electron chi connectivity index (χ4n) is 2.40. The summed E-state index contributed by atoms with van der Waals surface area (Å²) in [5, 5.41) is 2.52. The third-order valence-electron chi connectivity index (χ3n) is 3.51. The monoisotopic (exact) mass is 304 g/mol. The van der Waals surface area contributed by atoms with Crippen LogP contribution in [0.1, 0.15) is 36.5 Å². The van der Waals surface area contributed by atoms with Crippen molar-refractivity contribution in [2.45, 2.75) is 26.2 Å². The van der Waals surface area contributed by atoms with Crippen molar-refractivity contribution >= 4 is 23.5 Å². The van der Waals surface area contributed by atoms with Gasteiger partial charge in [0.15, 0.2) is 0 Å². The van der Waals surface area contributed by atoms with E-state index >= 15 is 0 Å². The number of anilines is 1. The molecular weight excluding hydrogens is 284 g/mol. The van der Waals surface area contributed by atoms with Gasteiger partial charge in [0.25, 0.3) is 0 Å². The molecule has 0 saturated carbocycles. The quantitative estimate of drug-likeness (QED) is 0.682. The Labute approximate surface area is 129 Å². The maximum absolute atomic E-state index is 12.1. The van der Waals surface area contributed by atoms with Crippen LogP contribution >= 0.6 is 0 Å². The van der Waals surface area contributed by atoms with Gasteiger partial charge < -0.3 is 15.0 Å². The van der Waals surface area contributed by atoms with Crippen molar-refractivity contribution in [3.05, 3.63) is 29.8 Å². The summed E-state index contributed by atoms with van der Waals surface area (Å²) in [5.41, 5.74) is 0.528. The molecular formula is C16H20N2O4. The Balaban J connectivity index is 2.08. The number of esters is 1. The Morgan fingerprint density at radius 2 is 1.82 bits per heavy atom. The molecule has 118 valence electrons. The zero-order chi connectivity index (χ0) is 15.9. The Morgan fingerprint density at radius 1 is 1.14 bits per heavy atom. The molecule has 2 amide bonds. The number of hydrogen-bond acceptors (Lipinski definition) is 4. The zero-order valence-electron chi connectivity index (χ0n) is 12.6. The summed E-state index contributed by atoms with van der Waals surface area (Å²) >= 11 is 0. The highest BCUT2D eigenvalue weighted by atomic mass is 16.5. The minimum absolute atomic E-state index is 0.240. The average Bonchev–Trinajstić information content (AvgIpc) is 2.55. The first kappa shape index (κ1) is 16.0. The number of hydrogen-bond donors (Lipinski definition) is 1. The largest absolute Gasteiger partial charge is 0.462 e. The molecule has 1 N–H and O–H groups in total. The number of nitrogens with zero attached hydrogens (tertiary/aromatic N) is 1. The molecule has 1 fully saturated rings. The van der Waals surface area contributed by atoms with E-state index in [9.17, 15) is 14.4 Å². The number of ether oxygens (including phenoxy) is 1. The van der Waals surface area contributed by atoms with E-state index in [0.717, 1.165) is 19.3 Å². The highest BCUT2D eigenvalue weighted by Gasteiger charge is 2.24. The van der Waals surface area contributed by atoms with Gasteiger partial charge in [-0.3, -0.25) is 9.59 Å². The topological polar surface area (TPSA) is 75.7 Å². The van der Waals surface area contributed by atoms with E-state index in [2.05, 4.69) is 5.32 Å². The van der Waals surface area contributed by atoms with E-state index in [1.54, 1.807) is 36.1 Å². The number of para-hydroxylation sites is 1. The maximum atomic E-state index is 12.1. The fourth-order valence-corrected chi connectivity index (χ4v) is 2.40. The van der Waals surface area contributed by atoms with E-state index in [-0.39, 0.29) is 17.9 Å². The van der Waals surface area contributed by atoms with Crippen LogP contribution in [0.15, 0.2) is 24.3 Å². The lowest BCUT2D eigenvalue weighted by atomic mass is 10.1. The number of rotatable bonds is 3. The number of likely N-dealkylation sites (tertiary alicyclic amines) is 1. The first-order valence-corrected chi connectivity index (χ1v) is 7.50. The van der Waals surface area contributed by atoms with E-state index in [1.807, 2.05) is 0 Å². The van der Waals surface area contributed by atoms with Crippen molar-refractivity contribution in [3.63, 3.8) is 0 Å². The molecule has 1 aliphatic rings. The summed E-state index contributed by atoms with van der Waals surface area (Å²) < 4.78 is 4.94. The van der Waals surface area contributed by atoms with Crippen molar-refractivity contribution in [3.8, 4) is 0 Å². The van der Waals surface area contributed by atoms with Crippen LogP contribution in [0.2, 0.25) is 0 Å². The molecule has 1 aromatic carbocycles. The van der Waals surface area contributed by atoms with Crippen LogP contribution in [0.25, 0.3) is 0 Å². The van der Waals surface area contributed by atoms with Crippen LogP contribution in [-0.2, 0) is 14.3 Å². The molecule has 0 bridgehead atoms.